The van der Waals surface area contributed by atoms with Crippen molar-refractivity contribution in [1.82, 2.24) is 0 Å². The van der Waals surface area contributed by atoms with Crippen molar-refractivity contribution in [3.05, 3.63) is 29.3 Å². The van der Waals surface area contributed by atoms with Crippen LogP contribution in [-0.2, 0) is 20.7 Å². The molecule has 1 aliphatic carbocycles. The van der Waals surface area contributed by atoms with E-state index in [2.05, 4.69) is 0 Å². The average Bonchev–Trinajstić information content (AvgIpc) is 3.22. The molecule has 2 atom stereocenters. The Labute approximate surface area is 117 Å². The Hall–Kier alpha value is -2.35. The highest BCUT2D eigenvalue weighted by molar-refractivity contribution is 5.93. The third-order valence-corrected chi connectivity index (χ3v) is 3.43. The highest BCUT2D eigenvalue weighted by Gasteiger charge is 2.48. The monoisotopic (exact) mass is 272 g/mol. The Bertz CT molecular complexity index is 589. The molecule has 0 radical (unpaired) electrons. The zero-order valence-electron chi connectivity index (χ0n) is 11.3. The minimum atomic E-state index is -0.303. The highest BCUT2D eigenvalue weighted by atomic mass is 16.5. The molecule has 1 aromatic carbocycles. The van der Waals surface area contributed by atoms with Gasteiger partial charge in [-0.15, -0.1) is 0 Å². The Morgan fingerprint density at radius 3 is 2.85 bits per heavy atom. The van der Waals surface area contributed by atoms with Gasteiger partial charge in [-0.25, -0.2) is 0 Å². The maximum Gasteiger partial charge on any atom is 0.309 e. The number of hydrogen-bond donors (Lipinski definition) is 1. The van der Waals surface area contributed by atoms with Crippen LogP contribution in [0.2, 0.25) is 0 Å². The minimum absolute atomic E-state index is 0.0233. The summed E-state index contributed by atoms with van der Waals surface area (Å²) < 4.78 is 4.90. The molecular weight excluding hydrogens is 256 g/mol. The van der Waals surface area contributed by atoms with Crippen molar-refractivity contribution < 1.29 is 14.3 Å². The van der Waals surface area contributed by atoms with Crippen LogP contribution in [-0.4, -0.2) is 18.4 Å². The summed E-state index contributed by atoms with van der Waals surface area (Å²) in [5, 5.41) is 8.85. The van der Waals surface area contributed by atoms with E-state index >= 15 is 0 Å². The Kier molecular flexibility index (Phi) is 4.04. The van der Waals surface area contributed by atoms with E-state index in [-0.39, 0.29) is 30.0 Å². The van der Waals surface area contributed by atoms with Crippen LogP contribution in [0.3, 0.4) is 0 Å². The quantitative estimate of drug-likeness (QED) is 0.646. The molecule has 1 saturated carbocycles. The predicted octanol–water partition coefficient (Wildman–Crippen LogP) is 1.45. The number of esters is 1. The fraction of sp³-hybridized carbons (Fsp3) is 0.400. The minimum Gasteiger partial charge on any atom is -0.466 e. The third-order valence-electron chi connectivity index (χ3n) is 3.43. The first kappa shape index (κ1) is 14.1. The first-order chi connectivity index (χ1) is 9.56. The molecule has 2 N–H and O–H groups in total. The number of nitriles is 1. The zero-order valence-corrected chi connectivity index (χ0v) is 11.3. The molecule has 5 nitrogen and oxygen atoms in total. The van der Waals surface area contributed by atoms with E-state index in [0.29, 0.717) is 29.8 Å². The van der Waals surface area contributed by atoms with E-state index in [1.165, 1.54) is 0 Å². The van der Waals surface area contributed by atoms with E-state index in [4.69, 9.17) is 15.7 Å². The van der Waals surface area contributed by atoms with Gasteiger partial charge in [-0.2, -0.15) is 5.26 Å². The fourth-order valence-corrected chi connectivity index (χ4v) is 2.21. The van der Waals surface area contributed by atoms with Gasteiger partial charge in [0.25, 0.3) is 0 Å². The average molecular weight is 272 g/mol. The zero-order chi connectivity index (χ0) is 14.7. The first-order valence-electron chi connectivity index (χ1n) is 6.54. The van der Waals surface area contributed by atoms with Gasteiger partial charge in [0, 0.05) is 18.0 Å². The number of carbonyl (C=O) groups is 2. The van der Waals surface area contributed by atoms with E-state index in [9.17, 15) is 9.59 Å². The van der Waals surface area contributed by atoms with Gasteiger partial charge in [-0.3, -0.25) is 9.59 Å². The second-order valence-corrected chi connectivity index (χ2v) is 4.87. The van der Waals surface area contributed by atoms with Crippen LogP contribution in [0, 0.1) is 23.2 Å². The number of nitrogens with two attached hydrogens (primary N) is 1. The summed E-state index contributed by atoms with van der Waals surface area (Å²) in [4.78, 5) is 23.6. The molecule has 0 bridgehead atoms. The molecule has 0 amide bonds. The molecule has 20 heavy (non-hydrogen) atoms. The number of ketones is 1. The van der Waals surface area contributed by atoms with Crippen molar-refractivity contribution in [3.8, 4) is 6.07 Å². The van der Waals surface area contributed by atoms with Gasteiger partial charge in [0.15, 0.2) is 0 Å². The van der Waals surface area contributed by atoms with Crippen LogP contribution >= 0.6 is 0 Å². The summed E-state index contributed by atoms with van der Waals surface area (Å²) in [5.41, 5.74) is 7.41. The van der Waals surface area contributed by atoms with Gasteiger partial charge in [0.1, 0.15) is 5.78 Å². The van der Waals surface area contributed by atoms with Crippen LogP contribution < -0.4 is 5.73 Å². The molecule has 104 valence electrons. The summed E-state index contributed by atoms with van der Waals surface area (Å²) >= 11 is 0. The summed E-state index contributed by atoms with van der Waals surface area (Å²) in [6, 6.07) is 6.87. The Morgan fingerprint density at radius 1 is 1.45 bits per heavy atom. The van der Waals surface area contributed by atoms with Gasteiger partial charge >= 0.3 is 5.97 Å². The molecular formula is C15H16N2O3. The first-order valence-corrected chi connectivity index (χ1v) is 6.54. The maximum atomic E-state index is 12.1. The number of anilines is 1. The number of nitrogens with zero attached hydrogens (tertiary/aromatic N) is 1. The second-order valence-electron chi connectivity index (χ2n) is 4.87. The number of rotatable bonds is 5. The molecule has 1 aliphatic rings. The molecule has 0 spiro atoms. The second kappa shape index (κ2) is 5.74. The van der Waals surface area contributed by atoms with E-state index in [1.807, 2.05) is 6.07 Å². The number of nitrogen functional groups attached to an aromatic ring is 1. The lowest BCUT2D eigenvalue weighted by molar-refractivity contribution is -0.145. The van der Waals surface area contributed by atoms with Crippen LogP contribution in [0.25, 0.3) is 0 Å². The van der Waals surface area contributed by atoms with Crippen LogP contribution in [0.15, 0.2) is 18.2 Å². The van der Waals surface area contributed by atoms with E-state index in [1.54, 1.807) is 25.1 Å². The number of benzene rings is 1. The molecule has 1 fully saturated rings. The van der Waals surface area contributed by atoms with E-state index < -0.39 is 0 Å². The fourth-order valence-electron chi connectivity index (χ4n) is 2.21. The SMILES string of the molecule is CCOC(=O)C1CC1C(=O)Cc1cc(C#N)ccc1N. The van der Waals surface area contributed by atoms with Gasteiger partial charge in [-0.05, 0) is 37.1 Å². The van der Waals surface area contributed by atoms with Crippen LogP contribution in [0.4, 0.5) is 5.69 Å². The lowest BCUT2D eigenvalue weighted by Crippen LogP contribution is -2.14. The Morgan fingerprint density at radius 2 is 2.20 bits per heavy atom. The lowest BCUT2D eigenvalue weighted by Gasteiger charge is -2.05. The summed E-state index contributed by atoms with van der Waals surface area (Å²) in [6.45, 7) is 2.07. The number of hydrogen-bond acceptors (Lipinski definition) is 5. The van der Waals surface area contributed by atoms with Crippen molar-refractivity contribution in [3.63, 3.8) is 0 Å². The summed E-state index contributed by atoms with van der Waals surface area (Å²) in [6.07, 6.45) is 0.706. The van der Waals surface area contributed by atoms with Crippen molar-refractivity contribution in [2.24, 2.45) is 11.8 Å². The molecule has 0 saturated heterocycles. The number of carbonyl (C=O) groups excluding carboxylic acids is 2. The van der Waals surface area contributed by atoms with Crippen molar-refractivity contribution >= 4 is 17.4 Å². The largest absolute Gasteiger partial charge is 0.466 e. The smallest absolute Gasteiger partial charge is 0.309 e. The molecule has 5 heteroatoms. The van der Waals surface area contributed by atoms with E-state index in [0.717, 1.165) is 0 Å². The van der Waals surface area contributed by atoms with Crippen molar-refractivity contribution in [1.29, 1.82) is 5.26 Å². The highest BCUT2D eigenvalue weighted by Crippen LogP contribution is 2.41. The summed E-state index contributed by atoms with van der Waals surface area (Å²) in [7, 11) is 0. The molecule has 2 unspecified atom stereocenters. The molecule has 0 heterocycles. The lowest BCUT2D eigenvalue weighted by atomic mass is 10.0. The normalized spacial score (nSPS) is 20.0. The topological polar surface area (TPSA) is 93.2 Å². The van der Waals surface area contributed by atoms with Gasteiger partial charge in [0.05, 0.1) is 24.2 Å². The number of ether oxygens (including phenoxy) is 1. The Balaban J connectivity index is 2.00. The van der Waals surface area contributed by atoms with Gasteiger partial charge in [-0.1, -0.05) is 0 Å². The predicted molar refractivity (Wildman–Crippen MR) is 72.5 cm³/mol. The van der Waals surface area contributed by atoms with Gasteiger partial charge in [0.2, 0.25) is 0 Å². The molecule has 2 rings (SSSR count). The van der Waals surface area contributed by atoms with Crippen molar-refractivity contribution in [2.45, 2.75) is 19.8 Å². The molecule has 1 aromatic rings. The third kappa shape index (κ3) is 2.97. The number of Topliss-reactive ketones (excluding diaryl/α,β-unsaturated/α-hetero) is 1. The van der Waals surface area contributed by atoms with Crippen LogP contribution in [0.5, 0.6) is 0 Å². The maximum absolute atomic E-state index is 12.1. The van der Waals surface area contributed by atoms with Crippen molar-refractivity contribution in [2.75, 3.05) is 12.3 Å². The van der Waals surface area contributed by atoms with Gasteiger partial charge < -0.3 is 10.5 Å². The molecule has 0 aliphatic heterocycles. The molecule has 0 aromatic heterocycles. The summed E-state index contributed by atoms with van der Waals surface area (Å²) in [5.74, 6) is -0.892. The van der Waals surface area contributed by atoms with Crippen LogP contribution in [0.1, 0.15) is 24.5 Å². The standard InChI is InChI=1S/C15H16N2O3/c1-2-20-15(19)12-7-11(12)14(18)6-10-5-9(8-16)3-4-13(10)17/h3-5,11-12H,2,6-7,17H2,1H3.